The van der Waals surface area contributed by atoms with Crippen molar-refractivity contribution in [3.05, 3.63) is 111 Å². The van der Waals surface area contributed by atoms with Crippen molar-refractivity contribution in [2.45, 2.75) is 62.3 Å². The molecular formula is C48H50ClN9O7S. The van der Waals surface area contributed by atoms with Gasteiger partial charge in [0.1, 0.15) is 17.9 Å². The number of anilines is 3. The standard InChI is InChI=1S/C48H50ClN9O7S/c49-34-4-2-31(3-5-34)39-28-48(12-1-13-48)14-8-33(39)30-54-16-18-55(19-17-54)36-6-7-38(41(25-36)56-20-23-65-47-44(56)24-32-9-15-50-45(32)52-47)46(59)53-66(62,63)37-26-42-40(43(27-37)58(60)61)29-51-57(42)35-10-21-64-22-11-35/h2-7,9,15,24-27,29,35H,1,8,10-14,16-23,28,30H2,(H,50,52)(H,53,59). The highest BCUT2D eigenvalue weighted by Crippen LogP contribution is 2.55. The van der Waals surface area contributed by atoms with Crippen LogP contribution in [0.15, 0.2) is 89.6 Å². The van der Waals surface area contributed by atoms with Gasteiger partial charge in [-0.15, -0.1) is 0 Å². The molecule has 66 heavy (non-hydrogen) atoms. The van der Waals surface area contributed by atoms with Gasteiger partial charge in [0.05, 0.1) is 50.8 Å². The van der Waals surface area contributed by atoms with E-state index in [1.807, 2.05) is 41.3 Å². The van der Waals surface area contributed by atoms with E-state index in [0.29, 0.717) is 66.4 Å². The average Bonchev–Trinajstić information content (AvgIpc) is 3.97. The van der Waals surface area contributed by atoms with Crippen LogP contribution in [0.3, 0.4) is 0 Å². The maximum Gasteiger partial charge on any atom is 0.281 e. The SMILES string of the molecule is O=C(NS(=O)(=O)c1cc([N+](=O)[O-])c2cnn(C3CCOCC3)c2c1)c1ccc(N2CCN(CC3=C(c4ccc(Cl)cc4)CC4(CCC4)CC3)CC2)cc1N1CCOc2nc3[nH]ccc3cc21. The summed E-state index contributed by atoms with van der Waals surface area (Å²) in [7, 11) is -4.64. The maximum absolute atomic E-state index is 14.5. The lowest BCUT2D eigenvalue weighted by Crippen LogP contribution is -2.47. The number of hydrogen-bond acceptors (Lipinski definition) is 12. The highest BCUT2D eigenvalue weighted by Gasteiger charge is 2.41. The lowest BCUT2D eigenvalue weighted by atomic mass is 9.59. The topological polar surface area (TPSA) is 181 Å². The first-order chi connectivity index (χ1) is 32.0. The number of carbonyl (C=O) groups is 1. The summed E-state index contributed by atoms with van der Waals surface area (Å²) in [5.74, 6) is -0.499. The lowest BCUT2D eigenvalue weighted by Gasteiger charge is -2.47. The van der Waals surface area contributed by atoms with Crippen molar-refractivity contribution >= 4 is 77.8 Å². The third kappa shape index (κ3) is 7.94. The minimum absolute atomic E-state index is 0.106. The number of fused-ring (bicyclic) bond motifs is 3. The second-order valence-corrected chi connectivity index (χ2v) is 20.4. The number of benzene rings is 3. The summed E-state index contributed by atoms with van der Waals surface area (Å²) in [5, 5.41) is 18.6. The summed E-state index contributed by atoms with van der Waals surface area (Å²) < 4.78 is 43.9. The van der Waals surface area contributed by atoms with Gasteiger partial charge in [0, 0.05) is 74.3 Å². The second-order valence-electron chi connectivity index (χ2n) is 18.3. The minimum Gasteiger partial charge on any atom is -0.474 e. The molecule has 0 radical (unpaired) electrons. The van der Waals surface area contributed by atoms with E-state index in [1.54, 1.807) is 16.9 Å². The zero-order chi connectivity index (χ0) is 45.2. The van der Waals surface area contributed by atoms with E-state index in [9.17, 15) is 23.3 Å². The molecule has 1 spiro atoms. The van der Waals surface area contributed by atoms with Crippen molar-refractivity contribution in [2.75, 3.05) is 68.9 Å². The molecule has 16 nitrogen and oxygen atoms in total. The molecule has 3 aliphatic heterocycles. The number of halogens is 1. The number of nitrogens with one attached hydrogen (secondary N) is 2. The maximum atomic E-state index is 14.5. The van der Waals surface area contributed by atoms with Gasteiger partial charge in [-0.25, -0.2) is 13.1 Å². The average molecular weight is 933 g/mol. The number of nitro benzene ring substituents is 1. The van der Waals surface area contributed by atoms with Gasteiger partial charge in [-0.05, 0) is 110 Å². The van der Waals surface area contributed by atoms with Gasteiger partial charge >= 0.3 is 0 Å². The first kappa shape index (κ1) is 42.6. The number of hydrogen-bond donors (Lipinski definition) is 2. The number of ether oxygens (including phenoxy) is 2. The highest BCUT2D eigenvalue weighted by atomic mass is 35.5. The third-order valence-electron chi connectivity index (χ3n) is 14.5. The molecule has 6 aromatic rings. The van der Waals surface area contributed by atoms with Gasteiger partial charge in [0.2, 0.25) is 5.88 Å². The van der Waals surface area contributed by atoms with Crippen LogP contribution in [0.25, 0.3) is 27.5 Å². The Balaban J connectivity index is 0.891. The molecule has 342 valence electrons. The number of piperazine rings is 1. The Morgan fingerprint density at radius 3 is 2.52 bits per heavy atom. The van der Waals surface area contributed by atoms with Gasteiger partial charge < -0.3 is 24.3 Å². The molecule has 11 rings (SSSR count). The van der Waals surface area contributed by atoms with Crippen molar-refractivity contribution in [1.29, 1.82) is 0 Å². The van der Waals surface area contributed by atoms with E-state index >= 15 is 0 Å². The zero-order valence-electron chi connectivity index (χ0n) is 36.4. The van der Waals surface area contributed by atoms with Gasteiger partial charge in [-0.3, -0.25) is 24.5 Å². The minimum atomic E-state index is -4.64. The number of aromatic nitrogens is 4. The fourth-order valence-corrected chi connectivity index (χ4v) is 11.8. The van der Waals surface area contributed by atoms with Gasteiger partial charge in [0.15, 0.2) is 0 Å². The van der Waals surface area contributed by atoms with Crippen LogP contribution in [0.1, 0.15) is 73.3 Å². The summed E-state index contributed by atoms with van der Waals surface area (Å²) in [4.78, 5) is 40.4. The highest BCUT2D eigenvalue weighted by molar-refractivity contribution is 7.90. The molecule has 5 aliphatic rings. The first-order valence-electron chi connectivity index (χ1n) is 22.8. The predicted molar refractivity (Wildman–Crippen MR) is 252 cm³/mol. The molecule has 3 aromatic heterocycles. The third-order valence-corrected chi connectivity index (χ3v) is 16.0. The van der Waals surface area contributed by atoms with E-state index in [-0.39, 0.29) is 23.6 Å². The number of rotatable bonds is 10. The quantitative estimate of drug-likeness (QED) is 0.0991. The van der Waals surface area contributed by atoms with Crippen LogP contribution in [0.4, 0.5) is 22.7 Å². The molecule has 1 saturated carbocycles. The van der Waals surface area contributed by atoms with Gasteiger partial charge in [0.25, 0.3) is 21.6 Å². The molecule has 0 unspecified atom stereocenters. The number of non-ortho nitro benzene ring substituents is 1. The number of sulfonamides is 1. The smallest absolute Gasteiger partial charge is 0.281 e. The largest absolute Gasteiger partial charge is 0.474 e. The molecule has 0 bridgehead atoms. The summed E-state index contributed by atoms with van der Waals surface area (Å²) in [6.45, 7) is 5.73. The molecule has 3 aromatic carbocycles. The molecule has 2 saturated heterocycles. The van der Waals surface area contributed by atoms with Crippen LogP contribution in [-0.4, -0.2) is 103 Å². The van der Waals surface area contributed by atoms with E-state index in [2.05, 4.69) is 36.7 Å². The summed E-state index contributed by atoms with van der Waals surface area (Å²) in [6, 6.07) is 19.8. The Hall–Kier alpha value is -6.01. The Morgan fingerprint density at radius 2 is 1.76 bits per heavy atom. The number of allylic oxidation sites excluding steroid dienone is 1. The summed E-state index contributed by atoms with van der Waals surface area (Å²) >= 11 is 6.31. The molecule has 1 amide bonds. The predicted octanol–water partition coefficient (Wildman–Crippen LogP) is 8.40. The summed E-state index contributed by atoms with van der Waals surface area (Å²) in [6.07, 6.45) is 11.8. The van der Waals surface area contributed by atoms with Crippen molar-refractivity contribution < 1.29 is 27.6 Å². The van der Waals surface area contributed by atoms with Crippen LogP contribution >= 0.6 is 11.6 Å². The lowest BCUT2D eigenvalue weighted by molar-refractivity contribution is -0.383. The Morgan fingerprint density at radius 1 is 0.955 bits per heavy atom. The monoisotopic (exact) mass is 931 g/mol. The number of aromatic amines is 1. The van der Waals surface area contributed by atoms with E-state index in [4.69, 9.17) is 26.1 Å². The second kappa shape index (κ2) is 17.0. The number of H-pyrrole nitrogens is 1. The molecular weight excluding hydrogens is 882 g/mol. The van der Waals surface area contributed by atoms with E-state index < -0.39 is 31.4 Å². The fourth-order valence-electron chi connectivity index (χ4n) is 10.7. The van der Waals surface area contributed by atoms with Crippen molar-refractivity contribution in [2.24, 2.45) is 5.41 Å². The van der Waals surface area contributed by atoms with Crippen molar-refractivity contribution in [3.8, 4) is 5.88 Å². The number of carbonyl (C=O) groups excluding carboxylic acids is 1. The van der Waals surface area contributed by atoms with Crippen LogP contribution < -0.4 is 19.3 Å². The van der Waals surface area contributed by atoms with Crippen LogP contribution in [0, 0.1) is 15.5 Å². The Bertz CT molecular complexity index is 3020. The number of amides is 1. The number of pyridine rings is 1. The molecule has 2 N–H and O–H groups in total. The Kier molecular flexibility index (Phi) is 11.0. The van der Waals surface area contributed by atoms with Crippen molar-refractivity contribution in [3.63, 3.8) is 0 Å². The van der Waals surface area contributed by atoms with Gasteiger partial charge in [-0.1, -0.05) is 35.7 Å². The van der Waals surface area contributed by atoms with Crippen LogP contribution in [-0.2, 0) is 14.8 Å². The number of nitrogens with zero attached hydrogens (tertiary/aromatic N) is 7. The zero-order valence-corrected chi connectivity index (χ0v) is 38.0. The summed E-state index contributed by atoms with van der Waals surface area (Å²) in [5.41, 5.74) is 7.36. The normalized spacial score (nSPS) is 19.2. The molecule has 2 aliphatic carbocycles. The molecule has 18 heteroatoms. The molecule has 3 fully saturated rings. The fraction of sp³-hybridized carbons (Fsp3) is 0.396. The van der Waals surface area contributed by atoms with E-state index in [1.165, 1.54) is 54.7 Å². The van der Waals surface area contributed by atoms with Crippen LogP contribution in [0.5, 0.6) is 5.88 Å². The Labute approximate surface area is 386 Å². The molecule has 0 atom stereocenters. The van der Waals surface area contributed by atoms with E-state index in [0.717, 1.165) is 67.7 Å². The van der Waals surface area contributed by atoms with Crippen LogP contribution in [0.2, 0.25) is 5.02 Å². The first-order valence-corrected chi connectivity index (χ1v) is 24.6. The van der Waals surface area contributed by atoms with Crippen molar-refractivity contribution in [1.82, 2.24) is 29.4 Å². The van der Waals surface area contributed by atoms with Gasteiger partial charge in [-0.2, -0.15) is 10.1 Å². The number of nitro groups is 1. The molecule has 6 heterocycles.